The number of aromatic nitrogens is 2. The Morgan fingerprint density at radius 2 is 2.13 bits per heavy atom. The van der Waals surface area contributed by atoms with Gasteiger partial charge in [0.25, 0.3) is 0 Å². The molecule has 7 nitrogen and oxygen atoms in total. The first-order chi connectivity index (χ1) is 11.3. The van der Waals surface area contributed by atoms with Crippen molar-refractivity contribution in [3.8, 4) is 0 Å². The molecule has 0 aliphatic heterocycles. The maximum atomic E-state index is 5.43. The molecule has 1 rings (SSSR count). The summed E-state index contributed by atoms with van der Waals surface area (Å²) < 4.78 is 12.2. The van der Waals surface area contributed by atoms with Gasteiger partial charge in [-0.05, 0) is 31.7 Å². The average molecular weight is 325 g/mol. The topological polar surface area (TPSA) is 72.7 Å². The van der Waals surface area contributed by atoms with Crippen LogP contribution in [0.5, 0.6) is 0 Å². The summed E-state index contributed by atoms with van der Waals surface area (Å²) in [7, 11) is 3.62. The van der Waals surface area contributed by atoms with Gasteiger partial charge >= 0.3 is 0 Å². The third kappa shape index (κ3) is 9.91. The lowest BCUT2D eigenvalue weighted by Gasteiger charge is -2.11. The molecule has 0 fully saturated rings. The molecule has 2 N–H and O–H groups in total. The fourth-order valence-electron chi connectivity index (χ4n) is 2.04. The molecule has 1 aromatic heterocycles. The van der Waals surface area contributed by atoms with Crippen LogP contribution in [-0.2, 0) is 22.9 Å². The second-order valence-electron chi connectivity index (χ2n) is 5.27. The number of rotatable bonds is 12. The minimum atomic E-state index is 0.647. The van der Waals surface area contributed by atoms with Crippen molar-refractivity contribution in [2.75, 3.05) is 46.6 Å². The van der Waals surface area contributed by atoms with E-state index < -0.39 is 0 Å². The molecule has 0 spiro atoms. The molecule has 1 heterocycles. The molecule has 0 atom stereocenters. The number of ether oxygens (including phenoxy) is 2. The van der Waals surface area contributed by atoms with E-state index in [4.69, 9.17) is 9.47 Å². The number of hydrogen-bond donors (Lipinski definition) is 2. The molecule has 0 unspecified atom stereocenters. The van der Waals surface area contributed by atoms with E-state index in [-0.39, 0.29) is 0 Å². The van der Waals surface area contributed by atoms with E-state index in [9.17, 15) is 0 Å². The van der Waals surface area contributed by atoms with Gasteiger partial charge in [-0.25, -0.2) is 0 Å². The van der Waals surface area contributed by atoms with E-state index >= 15 is 0 Å². The van der Waals surface area contributed by atoms with Gasteiger partial charge < -0.3 is 20.1 Å². The summed E-state index contributed by atoms with van der Waals surface area (Å²) in [6, 6.07) is 0. The molecule has 0 aliphatic carbocycles. The molecule has 0 aliphatic rings. The van der Waals surface area contributed by atoms with Crippen LogP contribution < -0.4 is 10.6 Å². The predicted octanol–water partition coefficient (Wildman–Crippen LogP) is 0.961. The fraction of sp³-hybridized carbons (Fsp3) is 0.750. The molecule has 0 amide bonds. The zero-order valence-electron chi connectivity index (χ0n) is 14.7. The summed E-state index contributed by atoms with van der Waals surface area (Å²) in [5, 5.41) is 10.8. The van der Waals surface area contributed by atoms with Crippen LogP contribution in [0, 0.1) is 0 Å². The Hall–Kier alpha value is -1.60. The van der Waals surface area contributed by atoms with Gasteiger partial charge in [-0.15, -0.1) is 0 Å². The first-order valence-corrected chi connectivity index (χ1v) is 8.32. The van der Waals surface area contributed by atoms with Crippen LogP contribution in [0.1, 0.15) is 25.3 Å². The van der Waals surface area contributed by atoms with Crippen molar-refractivity contribution in [2.45, 2.75) is 26.2 Å². The van der Waals surface area contributed by atoms with Crippen LogP contribution >= 0.6 is 0 Å². The monoisotopic (exact) mass is 325 g/mol. The largest absolute Gasteiger partial charge is 0.382 e. The number of guanidine groups is 1. The highest BCUT2D eigenvalue weighted by molar-refractivity contribution is 5.79. The van der Waals surface area contributed by atoms with Crippen LogP contribution in [0.25, 0.3) is 0 Å². The maximum absolute atomic E-state index is 5.43. The summed E-state index contributed by atoms with van der Waals surface area (Å²) in [5.74, 6) is 0.871. The van der Waals surface area contributed by atoms with Gasteiger partial charge in [-0.3, -0.25) is 9.67 Å². The lowest BCUT2D eigenvalue weighted by molar-refractivity contribution is 0.0698. The van der Waals surface area contributed by atoms with E-state index in [1.165, 1.54) is 5.56 Å². The summed E-state index contributed by atoms with van der Waals surface area (Å²) in [6.07, 6.45) is 6.93. The van der Waals surface area contributed by atoms with Crippen molar-refractivity contribution in [3.63, 3.8) is 0 Å². The Morgan fingerprint density at radius 3 is 2.83 bits per heavy atom. The molecule has 0 radical (unpaired) electrons. The predicted molar refractivity (Wildman–Crippen MR) is 92.8 cm³/mol. The number of methoxy groups -OCH3 is 1. The number of hydrogen-bond acceptors (Lipinski definition) is 4. The van der Waals surface area contributed by atoms with Crippen LogP contribution in [-0.4, -0.2) is 62.3 Å². The van der Waals surface area contributed by atoms with Crippen LogP contribution in [0.3, 0.4) is 0 Å². The van der Waals surface area contributed by atoms with E-state index in [1.807, 2.05) is 17.9 Å². The summed E-state index contributed by atoms with van der Waals surface area (Å²) in [4.78, 5) is 4.59. The average Bonchev–Trinajstić information content (AvgIpc) is 2.96. The molecule has 132 valence electrons. The molecular formula is C16H31N5O2. The van der Waals surface area contributed by atoms with Crippen LogP contribution in [0.4, 0.5) is 0 Å². The van der Waals surface area contributed by atoms with Crippen LogP contribution in [0.2, 0.25) is 0 Å². The Labute approximate surface area is 139 Å². The quantitative estimate of drug-likeness (QED) is 0.340. The third-order valence-electron chi connectivity index (χ3n) is 3.19. The first-order valence-electron chi connectivity index (χ1n) is 8.32. The Morgan fingerprint density at radius 1 is 1.26 bits per heavy atom. The Bertz CT molecular complexity index is 434. The highest BCUT2D eigenvalue weighted by Crippen LogP contribution is 2.00. The second kappa shape index (κ2) is 12.9. The van der Waals surface area contributed by atoms with Crippen molar-refractivity contribution < 1.29 is 9.47 Å². The van der Waals surface area contributed by atoms with Crippen LogP contribution in [0.15, 0.2) is 17.4 Å². The minimum absolute atomic E-state index is 0.647. The van der Waals surface area contributed by atoms with Crippen molar-refractivity contribution in [3.05, 3.63) is 18.0 Å². The van der Waals surface area contributed by atoms with E-state index in [0.29, 0.717) is 13.2 Å². The normalized spacial score (nSPS) is 11.7. The van der Waals surface area contributed by atoms with Gasteiger partial charge in [0.05, 0.1) is 19.4 Å². The highest BCUT2D eigenvalue weighted by Gasteiger charge is 1.98. The van der Waals surface area contributed by atoms with Crippen molar-refractivity contribution in [1.29, 1.82) is 0 Å². The van der Waals surface area contributed by atoms with Gasteiger partial charge in [0.15, 0.2) is 5.96 Å². The lowest BCUT2D eigenvalue weighted by Crippen LogP contribution is -2.38. The second-order valence-corrected chi connectivity index (χ2v) is 5.27. The summed E-state index contributed by atoms with van der Waals surface area (Å²) in [5.41, 5.74) is 1.26. The van der Waals surface area contributed by atoms with Gasteiger partial charge in [-0.2, -0.15) is 5.10 Å². The third-order valence-corrected chi connectivity index (χ3v) is 3.19. The van der Waals surface area contributed by atoms with Crippen molar-refractivity contribution in [2.24, 2.45) is 12.0 Å². The SMILES string of the molecule is CCNC(=NCCCc1cnn(C)c1)NCCCOCCOC. The highest BCUT2D eigenvalue weighted by atomic mass is 16.5. The molecule has 23 heavy (non-hydrogen) atoms. The Kier molecular flexibility index (Phi) is 10.9. The number of nitrogens with zero attached hydrogens (tertiary/aromatic N) is 3. The first kappa shape index (κ1) is 19.4. The van der Waals surface area contributed by atoms with E-state index in [1.54, 1.807) is 7.11 Å². The smallest absolute Gasteiger partial charge is 0.191 e. The molecule has 0 bridgehead atoms. The van der Waals surface area contributed by atoms with E-state index in [0.717, 1.165) is 51.5 Å². The van der Waals surface area contributed by atoms with Gasteiger partial charge in [0.2, 0.25) is 0 Å². The van der Waals surface area contributed by atoms with Gasteiger partial charge in [0.1, 0.15) is 0 Å². The van der Waals surface area contributed by atoms with Crippen molar-refractivity contribution >= 4 is 5.96 Å². The zero-order valence-corrected chi connectivity index (χ0v) is 14.7. The standard InChI is InChI=1S/C16H31N5O2/c1-4-17-16(19-9-6-10-23-12-11-22-3)18-8-5-7-15-13-20-21(2)14-15/h13-14H,4-12H2,1-3H3,(H2,17,18,19). The Balaban J connectivity index is 2.14. The molecule has 0 saturated carbocycles. The molecular weight excluding hydrogens is 294 g/mol. The number of aryl methyl sites for hydroxylation is 2. The summed E-state index contributed by atoms with van der Waals surface area (Å²) in [6.45, 7) is 6.61. The zero-order chi connectivity index (χ0) is 16.8. The molecule has 0 saturated heterocycles. The molecule has 1 aromatic rings. The number of nitrogens with one attached hydrogen (secondary N) is 2. The molecule has 0 aromatic carbocycles. The van der Waals surface area contributed by atoms with Crippen molar-refractivity contribution in [1.82, 2.24) is 20.4 Å². The minimum Gasteiger partial charge on any atom is -0.382 e. The lowest BCUT2D eigenvalue weighted by atomic mass is 10.2. The maximum Gasteiger partial charge on any atom is 0.191 e. The van der Waals surface area contributed by atoms with Gasteiger partial charge in [-0.1, -0.05) is 0 Å². The van der Waals surface area contributed by atoms with E-state index in [2.05, 4.69) is 33.8 Å². The summed E-state index contributed by atoms with van der Waals surface area (Å²) >= 11 is 0. The fourth-order valence-corrected chi connectivity index (χ4v) is 2.04. The molecule has 7 heteroatoms. The van der Waals surface area contributed by atoms with Gasteiger partial charge in [0, 0.05) is 46.6 Å². The number of aliphatic imine (C=N–C) groups is 1.